The van der Waals surface area contributed by atoms with E-state index in [9.17, 15) is 0 Å². The Labute approximate surface area is 363 Å². The standard InChI is InChI=1S/C62H42/c1-4-16-44(17-5-1)51-40-52(45-18-6-2-7-19-45)42-53(41-51)46-34-36-50(37-35-46)62-59-26-14-12-24-57(59)61(58-25-13-15-27-60(58)62)49-32-29-43(30-33-49)28-31-48-38-39-55(47-20-8-3-9-21-47)56-23-11-10-22-54(48)56/h1-42H. The van der Waals surface area contributed by atoms with Crippen LogP contribution in [0.4, 0.5) is 0 Å². The zero-order chi connectivity index (χ0) is 41.2. The summed E-state index contributed by atoms with van der Waals surface area (Å²) in [5.74, 6) is 0. The van der Waals surface area contributed by atoms with Gasteiger partial charge < -0.3 is 0 Å². The van der Waals surface area contributed by atoms with Gasteiger partial charge in [0.1, 0.15) is 0 Å². The number of rotatable bonds is 8. The molecular formula is C62H42. The summed E-state index contributed by atoms with van der Waals surface area (Å²) in [5.41, 5.74) is 17.1. The summed E-state index contributed by atoms with van der Waals surface area (Å²) >= 11 is 0. The van der Waals surface area contributed by atoms with E-state index in [1.54, 1.807) is 0 Å². The van der Waals surface area contributed by atoms with Crippen molar-refractivity contribution < 1.29 is 0 Å². The van der Waals surface area contributed by atoms with E-state index in [-0.39, 0.29) is 0 Å². The molecule has 0 radical (unpaired) electrons. The van der Waals surface area contributed by atoms with Gasteiger partial charge in [0.2, 0.25) is 0 Å². The molecule has 0 aliphatic carbocycles. The van der Waals surface area contributed by atoms with Crippen LogP contribution in [-0.2, 0) is 0 Å². The molecule has 0 amide bonds. The number of hydrogen-bond donors (Lipinski definition) is 0. The summed E-state index contributed by atoms with van der Waals surface area (Å²) in [4.78, 5) is 0. The van der Waals surface area contributed by atoms with Gasteiger partial charge in [-0.3, -0.25) is 0 Å². The Balaban J connectivity index is 0.953. The fourth-order valence-corrected chi connectivity index (χ4v) is 9.25. The zero-order valence-corrected chi connectivity index (χ0v) is 34.2. The average Bonchev–Trinajstić information content (AvgIpc) is 3.36. The van der Waals surface area contributed by atoms with E-state index in [1.165, 1.54) is 110 Å². The van der Waals surface area contributed by atoms with Crippen molar-refractivity contribution in [1.82, 2.24) is 0 Å². The normalized spacial score (nSPS) is 11.5. The third-order valence-electron chi connectivity index (χ3n) is 12.3. The van der Waals surface area contributed by atoms with Crippen LogP contribution in [0.2, 0.25) is 0 Å². The lowest BCUT2D eigenvalue weighted by molar-refractivity contribution is 1.56. The average molecular weight is 787 g/mol. The Kier molecular flexibility index (Phi) is 9.65. The topological polar surface area (TPSA) is 0 Å². The smallest absolute Gasteiger partial charge is 0.00264 e. The molecular weight excluding hydrogens is 745 g/mol. The summed E-state index contributed by atoms with van der Waals surface area (Å²) < 4.78 is 0. The largest absolute Gasteiger partial charge is 0.0622 e. The van der Waals surface area contributed by atoms with Crippen LogP contribution in [0.15, 0.2) is 243 Å². The molecule has 0 heteroatoms. The molecule has 0 atom stereocenters. The highest BCUT2D eigenvalue weighted by molar-refractivity contribution is 6.21. The van der Waals surface area contributed by atoms with Crippen molar-refractivity contribution in [2.45, 2.75) is 0 Å². The van der Waals surface area contributed by atoms with Gasteiger partial charge >= 0.3 is 0 Å². The van der Waals surface area contributed by atoms with Crippen molar-refractivity contribution in [1.29, 1.82) is 0 Å². The van der Waals surface area contributed by atoms with Crippen LogP contribution in [0.5, 0.6) is 0 Å². The number of benzene rings is 11. The monoisotopic (exact) mass is 786 g/mol. The van der Waals surface area contributed by atoms with Gasteiger partial charge in [0.15, 0.2) is 0 Å². The van der Waals surface area contributed by atoms with E-state index in [0.29, 0.717) is 0 Å². The summed E-state index contributed by atoms with van der Waals surface area (Å²) in [6.45, 7) is 0. The summed E-state index contributed by atoms with van der Waals surface area (Å²) in [5, 5.41) is 7.52. The lowest BCUT2D eigenvalue weighted by atomic mass is 9.85. The van der Waals surface area contributed by atoms with Crippen molar-refractivity contribution in [3.63, 3.8) is 0 Å². The first-order valence-electron chi connectivity index (χ1n) is 21.4. The van der Waals surface area contributed by atoms with Crippen LogP contribution in [0.25, 0.3) is 111 Å². The first-order chi connectivity index (χ1) is 30.7. The zero-order valence-electron chi connectivity index (χ0n) is 34.2. The molecule has 0 fully saturated rings. The summed E-state index contributed by atoms with van der Waals surface area (Å²) in [6, 6.07) is 88.3. The van der Waals surface area contributed by atoms with Crippen LogP contribution in [-0.4, -0.2) is 0 Å². The molecule has 0 N–H and O–H groups in total. The third kappa shape index (κ3) is 6.98. The second kappa shape index (κ2) is 16.2. The van der Waals surface area contributed by atoms with Crippen LogP contribution in [0, 0.1) is 0 Å². The van der Waals surface area contributed by atoms with Crippen LogP contribution < -0.4 is 0 Å². The SMILES string of the molecule is C(=Cc1ccc(-c2ccccc2)c2ccccc12)c1ccc(-c2c3ccccc3c(-c3ccc(-c4cc(-c5ccccc5)cc(-c5ccccc5)c4)cc3)c3ccccc23)cc1. The quantitative estimate of drug-likeness (QED) is 0.106. The maximum Gasteiger partial charge on any atom is -0.00264 e. The highest BCUT2D eigenvalue weighted by Crippen LogP contribution is 2.44. The number of hydrogen-bond acceptors (Lipinski definition) is 0. The Morgan fingerprint density at radius 2 is 0.565 bits per heavy atom. The van der Waals surface area contributed by atoms with Crippen LogP contribution >= 0.6 is 0 Å². The lowest BCUT2D eigenvalue weighted by Gasteiger charge is -2.18. The molecule has 11 rings (SSSR count). The predicted molar refractivity (Wildman–Crippen MR) is 267 cm³/mol. The fourth-order valence-electron chi connectivity index (χ4n) is 9.25. The minimum Gasteiger partial charge on any atom is -0.0622 e. The summed E-state index contributed by atoms with van der Waals surface area (Å²) in [6.07, 6.45) is 4.48. The molecule has 0 unspecified atom stereocenters. The molecule has 62 heavy (non-hydrogen) atoms. The molecule has 0 bridgehead atoms. The van der Waals surface area contributed by atoms with Crippen molar-refractivity contribution >= 4 is 44.5 Å². The van der Waals surface area contributed by atoms with Gasteiger partial charge in [-0.1, -0.05) is 237 Å². The lowest BCUT2D eigenvalue weighted by Crippen LogP contribution is -1.91. The third-order valence-corrected chi connectivity index (χ3v) is 12.3. The van der Waals surface area contributed by atoms with E-state index >= 15 is 0 Å². The molecule has 11 aromatic rings. The minimum atomic E-state index is 1.17. The fraction of sp³-hybridized carbons (Fsp3) is 0. The maximum absolute atomic E-state index is 2.32. The Morgan fingerprint density at radius 1 is 0.210 bits per heavy atom. The highest BCUT2D eigenvalue weighted by Gasteiger charge is 2.17. The van der Waals surface area contributed by atoms with Crippen molar-refractivity contribution in [2.24, 2.45) is 0 Å². The molecule has 0 saturated carbocycles. The Morgan fingerprint density at radius 3 is 1.03 bits per heavy atom. The van der Waals surface area contributed by atoms with Crippen molar-refractivity contribution in [3.8, 4) is 66.8 Å². The van der Waals surface area contributed by atoms with Gasteiger partial charge in [-0.2, -0.15) is 0 Å². The van der Waals surface area contributed by atoms with Gasteiger partial charge in [-0.15, -0.1) is 0 Å². The molecule has 0 saturated heterocycles. The maximum atomic E-state index is 2.32. The highest BCUT2D eigenvalue weighted by atomic mass is 14.2. The van der Waals surface area contributed by atoms with Crippen molar-refractivity contribution in [3.05, 3.63) is 254 Å². The molecule has 0 aromatic heterocycles. The van der Waals surface area contributed by atoms with Gasteiger partial charge in [0.05, 0.1) is 0 Å². The molecule has 11 aromatic carbocycles. The van der Waals surface area contributed by atoms with Gasteiger partial charge in [-0.25, -0.2) is 0 Å². The number of fused-ring (bicyclic) bond motifs is 3. The van der Waals surface area contributed by atoms with E-state index in [0.717, 1.165) is 0 Å². The second-order valence-corrected chi connectivity index (χ2v) is 16.0. The van der Waals surface area contributed by atoms with Crippen molar-refractivity contribution in [2.75, 3.05) is 0 Å². The van der Waals surface area contributed by atoms with Gasteiger partial charge in [0, 0.05) is 0 Å². The van der Waals surface area contributed by atoms with Crippen LogP contribution in [0.3, 0.4) is 0 Å². The second-order valence-electron chi connectivity index (χ2n) is 16.0. The molecule has 0 aliphatic rings. The summed E-state index contributed by atoms with van der Waals surface area (Å²) in [7, 11) is 0. The minimum absolute atomic E-state index is 1.17. The Bertz CT molecular complexity index is 3280. The predicted octanol–water partition coefficient (Wildman–Crippen LogP) is 17.3. The van der Waals surface area contributed by atoms with E-state index in [4.69, 9.17) is 0 Å². The molecule has 290 valence electrons. The van der Waals surface area contributed by atoms with Crippen LogP contribution in [0.1, 0.15) is 11.1 Å². The van der Waals surface area contributed by atoms with Gasteiger partial charge in [-0.05, 0) is 128 Å². The van der Waals surface area contributed by atoms with Gasteiger partial charge in [0.25, 0.3) is 0 Å². The first-order valence-corrected chi connectivity index (χ1v) is 21.4. The van der Waals surface area contributed by atoms with E-state index in [2.05, 4.69) is 255 Å². The molecule has 0 nitrogen and oxygen atoms in total. The van der Waals surface area contributed by atoms with E-state index < -0.39 is 0 Å². The van der Waals surface area contributed by atoms with E-state index in [1.807, 2.05) is 0 Å². The Hall–Kier alpha value is -8.06. The molecule has 0 aliphatic heterocycles. The molecule has 0 heterocycles. The first kappa shape index (κ1) is 37.0. The molecule has 0 spiro atoms.